The van der Waals surface area contributed by atoms with Crippen LogP contribution in [0.5, 0.6) is 0 Å². The molecule has 21 heavy (non-hydrogen) atoms. The molecule has 1 saturated heterocycles. The van der Waals surface area contributed by atoms with E-state index >= 15 is 0 Å². The van der Waals surface area contributed by atoms with Gasteiger partial charge < -0.3 is 0 Å². The molecule has 1 aliphatic carbocycles. The summed E-state index contributed by atoms with van der Waals surface area (Å²) < 4.78 is 7.15. The summed E-state index contributed by atoms with van der Waals surface area (Å²) in [6.07, 6.45) is 1.13. The van der Waals surface area contributed by atoms with E-state index in [-0.39, 0.29) is 10.4 Å². The van der Waals surface area contributed by atoms with E-state index in [4.69, 9.17) is 24.9 Å². The summed E-state index contributed by atoms with van der Waals surface area (Å²) in [5.41, 5.74) is 1.20. The number of halogens is 2. The second-order valence-electron chi connectivity index (χ2n) is 5.76. The van der Waals surface area contributed by atoms with E-state index < -0.39 is 11.0 Å². The molecule has 4 heteroatoms. The summed E-state index contributed by atoms with van der Waals surface area (Å²) >= 11 is -2.84. The molecule has 2 aliphatic rings. The van der Waals surface area contributed by atoms with Gasteiger partial charge in [-0.1, -0.05) is 0 Å². The molecule has 0 bridgehead atoms. The fourth-order valence-corrected chi connectivity index (χ4v) is 12.2. The average Bonchev–Trinajstić information content (AvgIpc) is 3.16. The minimum absolute atomic E-state index is 0.0407. The molecule has 0 radical (unpaired) electrons. The van der Waals surface area contributed by atoms with Gasteiger partial charge in [0.25, 0.3) is 0 Å². The first-order chi connectivity index (χ1) is 10.2. The zero-order valence-electron chi connectivity index (χ0n) is 11.4. The van der Waals surface area contributed by atoms with Crippen LogP contribution in [0.25, 0.3) is 0 Å². The van der Waals surface area contributed by atoms with Crippen molar-refractivity contribution in [3.8, 4) is 0 Å². The predicted octanol–water partition coefficient (Wildman–Crippen LogP) is 4.35. The van der Waals surface area contributed by atoms with E-state index in [1.807, 2.05) is 24.3 Å². The van der Waals surface area contributed by atoms with Crippen molar-refractivity contribution < 1.29 is 4.74 Å². The zero-order chi connectivity index (χ0) is 14.5. The summed E-state index contributed by atoms with van der Waals surface area (Å²) in [5.74, 6) is 0.512. The number of ether oxygens (including phenoxy) is 1. The molecule has 2 fully saturated rings. The monoisotopic (exact) mass is 386 g/mol. The van der Waals surface area contributed by atoms with Gasteiger partial charge >= 0.3 is 136 Å². The van der Waals surface area contributed by atoms with Crippen LogP contribution in [0.4, 0.5) is 0 Å². The molecular weight excluding hydrogens is 370 g/mol. The topological polar surface area (TPSA) is 9.23 Å². The van der Waals surface area contributed by atoms with Gasteiger partial charge in [0.2, 0.25) is 0 Å². The zero-order valence-corrected chi connectivity index (χ0v) is 14.6. The minimum atomic E-state index is -2.84. The number of benzene rings is 2. The Morgan fingerprint density at radius 3 is 2.19 bits per heavy atom. The molecule has 0 N–H and O–H groups in total. The maximum atomic E-state index is 7.04. The van der Waals surface area contributed by atoms with E-state index in [2.05, 4.69) is 36.4 Å². The fraction of sp³-hybridized carbons (Fsp3) is 0.294. The third-order valence-electron chi connectivity index (χ3n) is 4.62. The molecule has 0 spiro atoms. The molecule has 4 rings (SSSR count). The van der Waals surface area contributed by atoms with Gasteiger partial charge in [-0.25, -0.2) is 0 Å². The number of rotatable bonds is 3. The van der Waals surface area contributed by atoms with Crippen LogP contribution in [0.2, 0.25) is 4.31 Å². The summed E-state index contributed by atoms with van der Waals surface area (Å²) in [7, 11) is 14.1. The molecule has 2 aromatic rings. The van der Waals surface area contributed by atoms with Gasteiger partial charge in [0.05, 0.1) is 0 Å². The van der Waals surface area contributed by atoms with Crippen LogP contribution >= 0.6 is 20.2 Å². The van der Waals surface area contributed by atoms with Crippen molar-refractivity contribution in [3.63, 3.8) is 0 Å². The second-order valence-corrected chi connectivity index (χ2v) is 15.9. The maximum absolute atomic E-state index is 7.04. The summed E-state index contributed by atoms with van der Waals surface area (Å²) in [5, 5.41) is 0. The Bertz CT molecular complexity index is 646. The van der Waals surface area contributed by atoms with Crippen molar-refractivity contribution >= 4 is 35.7 Å². The average molecular weight is 386 g/mol. The van der Waals surface area contributed by atoms with Gasteiger partial charge in [0, 0.05) is 0 Å². The van der Waals surface area contributed by atoms with E-state index in [1.165, 1.54) is 5.56 Å². The third kappa shape index (κ3) is 2.01. The van der Waals surface area contributed by atoms with E-state index in [0.29, 0.717) is 5.92 Å². The number of hydrogen-bond acceptors (Lipinski definition) is 1. The van der Waals surface area contributed by atoms with Crippen molar-refractivity contribution in [1.82, 2.24) is 0 Å². The Morgan fingerprint density at radius 1 is 0.952 bits per heavy atom. The number of fused-ring (bicyclic) bond motifs is 1. The Kier molecular flexibility index (Phi) is 3.37. The summed E-state index contributed by atoms with van der Waals surface area (Å²) in [6.45, 7) is 0.783. The Morgan fingerprint density at radius 2 is 1.57 bits per heavy atom. The molecule has 1 saturated carbocycles. The van der Waals surface area contributed by atoms with E-state index in [9.17, 15) is 0 Å². The first-order valence-corrected chi connectivity index (χ1v) is 13.3. The normalized spacial score (nSPS) is 31.7. The van der Waals surface area contributed by atoms with Gasteiger partial charge in [0.15, 0.2) is 0 Å². The summed E-state index contributed by atoms with van der Waals surface area (Å²) in [4.78, 5) is 0. The third-order valence-corrected chi connectivity index (χ3v) is 14.8. The molecule has 110 valence electrons. The Balaban J connectivity index is 1.77. The fourth-order valence-electron chi connectivity index (χ4n) is 3.47. The van der Waals surface area contributed by atoms with Gasteiger partial charge in [0.1, 0.15) is 0 Å². The molecule has 1 nitrogen and oxygen atoms in total. The van der Waals surface area contributed by atoms with Crippen LogP contribution in [0.15, 0.2) is 60.7 Å². The Hall–Kier alpha value is -0.501. The van der Waals surface area contributed by atoms with Gasteiger partial charge in [-0.2, -0.15) is 0 Å². The van der Waals surface area contributed by atoms with Crippen molar-refractivity contribution in [2.75, 3.05) is 6.61 Å². The van der Waals surface area contributed by atoms with Gasteiger partial charge in [-0.3, -0.25) is 0 Å². The molecule has 0 amide bonds. The molecular formula is C17H16Cl2OSe. The van der Waals surface area contributed by atoms with Crippen molar-refractivity contribution in [1.29, 1.82) is 0 Å². The Labute approximate surface area is 135 Å². The molecule has 1 aliphatic heterocycles. The molecule has 1 unspecified atom stereocenters. The van der Waals surface area contributed by atoms with Crippen molar-refractivity contribution in [2.24, 2.45) is 5.92 Å². The first kappa shape index (κ1) is 14.1. The molecule has 2 aromatic carbocycles. The quantitative estimate of drug-likeness (QED) is 0.713. The molecule has 0 aromatic heterocycles. The van der Waals surface area contributed by atoms with Crippen LogP contribution in [0.1, 0.15) is 18.1 Å². The van der Waals surface area contributed by atoms with Gasteiger partial charge in [-0.05, 0) is 0 Å². The SMILES string of the molecule is Cl[Se](Cl)(c1ccccc1)[C@]12CC1CO[C@H]2c1ccccc1. The predicted molar refractivity (Wildman–Crippen MR) is 89.5 cm³/mol. The summed E-state index contributed by atoms with van der Waals surface area (Å²) in [6, 6.07) is 20.6. The van der Waals surface area contributed by atoms with Crippen LogP contribution in [0.3, 0.4) is 0 Å². The molecule has 3 atom stereocenters. The standard InChI is InChI=1S/C17H16Cl2OSe/c18-21(19,15-9-5-2-6-10-15)17-11-14(17)12-20-16(17)13-7-3-1-4-8-13/h1-10,14,16H,11-12H2/t14?,16-,17+/m0/s1. The van der Waals surface area contributed by atoms with Gasteiger partial charge in [-0.15, -0.1) is 0 Å². The van der Waals surface area contributed by atoms with Crippen LogP contribution in [-0.2, 0) is 4.74 Å². The van der Waals surface area contributed by atoms with E-state index in [0.717, 1.165) is 17.5 Å². The van der Waals surface area contributed by atoms with Crippen LogP contribution < -0.4 is 4.46 Å². The molecule has 1 heterocycles. The van der Waals surface area contributed by atoms with Crippen LogP contribution in [-0.4, -0.2) is 17.6 Å². The van der Waals surface area contributed by atoms with Crippen LogP contribution in [0, 0.1) is 5.92 Å². The van der Waals surface area contributed by atoms with E-state index in [1.54, 1.807) is 0 Å². The second kappa shape index (κ2) is 5.01. The van der Waals surface area contributed by atoms with Crippen molar-refractivity contribution in [3.05, 3.63) is 66.2 Å². The first-order valence-electron chi connectivity index (χ1n) is 7.10. The number of hydrogen-bond donors (Lipinski definition) is 0. The van der Waals surface area contributed by atoms with Crippen molar-refractivity contribution in [2.45, 2.75) is 16.8 Å².